The molecule has 1 amide bonds. The molecule has 0 saturated carbocycles. The van der Waals surface area contributed by atoms with E-state index in [2.05, 4.69) is 51.4 Å². The predicted octanol–water partition coefficient (Wildman–Crippen LogP) is 4.04. The van der Waals surface area contributed by atoms with Crippen LogP contribution in [-0.2, 0) is 4.79 Å². The largest absolute Gasteiger partial charge is 0.454 e. The van der Waals surface area contributed by atoms with Crippen LogP contribution >= 0.6 is 0 Å². The van der Waals surface area contributed by atoms with Gasteiger partial charge >= 0.3 is 0 Å². The number of nitrogens with one attached hydrogen (secondary N) is 1. The van der Waals surface area contributed by atoms with Gasteiger partial charge in [-0.1, -0.05) is 29.8 Å². The Bertz CT molecular complexity index is 1090. The van der Waals surface area contributed by atoms with Crippen LogP contribution in [0.3, 0.4) is 0 Å². The number of ether oxygens (including phenoxy) is 2. The normalized spacial score (nSPS) is 15.7. The Kier molecular flexibility index (Phi) is 5.16. The van der Waals surface area contributed by atoms with Gasteiger partial charge in [0.05, 0.1) is 5.69 Å². The van der Waals surface area contributed by atoms with E-state index >= 15 is 0 Å². The maximum absolute atomic E-state index is 12.8. The topological polar surface area (TPSA) is 76.6 Å². The average Bonchev–Trinajstić information content (AvgIpc) is 3.28. The number of nitrogens with zero attached hydrogens (tertiary/aromatic N) is 3. The van der Waals surface area contributed by atoms with Gasteiger partial charge in [-0.2, -0.15) is 0 Å². The van der Waals surface area contributed by atoms with Crippen LogP contribution in [0, 0.1) is 12.8 Å². The fourth-order valence-electron chi connectivity index (χ4n) is 3.99. The lowest BCUT2D eigenvalue weighted by Crippen LogP contribution is -2.38. The summed E-state index contributed by atoms with van der Waals surface area (Å²) in [5.74, 6) is 2.30. The molecule has 0 aliphatic carbocycles. The number of rotatable bonds is 4. The monoisotopic (exact) mass is 416 g/mol. The molecule has 0 atom stereocenters. The Morgan fingerprint density at radius 2 is 1.77 bits per heavy atom. The summed E-state index contributed by atoms with van der Waals surface area (Å²) < 4.78 is 10.7. The lowest BCUT2D eigenvalue weighted by Gasteiger charge is -2.32. The van der Waals surface area contributed by atoms with Gasteiger partial charge in [-0.3, -0.25) is 4.79 Å². The molecule has 2 aliphatic rings. The van der Waals surface area contributed by atoms with E-state index < -0.39 is 0 Å². The van der Waals surface area contributed by atoms with E-state index in [0.29, 0.717) is 11.5 Å². The number of anilines is 2. The van der Waals surface area contributed by atoms with Gasteiger partial charge in [0.15, 0.2) is 11.5 Å². The molecular weight excluding hydrogens is 392 g/mol. The minimum Gasteiger partial charge on any atom is -0.454 e. The van der Waals surface area contributed by atoms with Crippen LogP contribution in [0.4, 0.5) is 11.5 Å². The second-order valence-corrected chi connectivity index (χ2v) is 7.95. The van der Waals surface area contributed by atoms with Crippen LogP contribution in [0.15, 0.2) is 54.9 Å². The molecule has 0 spiro atoms. The first-order chi connectivity index (χ1) is 15.2. The molecule has 31 heavy (non-hydrogen) atoms. The number of carbonyl (C=O) groups excluding carboxylic acids is 1. The van der Waals surface area contributed by atoms with Crippen molar-refractivity contribution in [2.45, 2.75) is 19.8 Å². The molecule has 0 bridgehead atoms. The van der Waals surface area contributed by atoms with Crippen LogP contribution in [0.25, 0.3) is 11.3 Å². The van der Waals surface area contributed by atoms with E-state index in [0.717, 1.165) is 48.7 Å². The number of benzene rings is 2. The summed E-state index contributed by atoms with van der Waals surface area (Å²) in [4.78, 5) is 23.9. The summed E-state index contributed by atoms with van der Waals surface area (Å²) in [7, 11) is 0. The number of amides is 1. The molecule has 0 unspecified atom stereocenters. The number of fused-ring (bicyclic) bond motifs is 1. The molecule has 1 N–H and O–H groups in total. The third kappa shape index (κ3) is 4.17. The van der Waals surface area contributed by atoms with E-state index in [1.54, 1.807) is 6.33 Å². The molecule has 3 aromatic rings. The number of hydrogen-bond acceptors (Lipinski definition) is 6. The van der Waals surface area contributed by atoms with E-state index in [-0.39, 0.29) is 18.6 Å². The number of carbonyl (C=O) groups is 1. The van der Waals surface area contributed by atoms with Crippen molar-refractivity contribution in [3.8, 4) is 22.8 Å². The molecule has 2 aliphatic heterocycles. The number of aryl methyl sites for hydroxylation is 1. The van der Waals surface area contributed by atoms with Gasteiger partial charge in [-0.25, -0.2) is 9.97 Å². The smallest absolute Gasteiger partial charge is 0.231 e. The van der Waals surface area contributed by atoms with E-state index in [4.69, 9.17) is 9.47 Å². The predicted molar refractivity (Wildman–Crippen MR) is 118 cm³/mol. The van der Waals surface area contributed by atoms with Gasteiger partial charge in [-0.05, 0) is 31.9 Å². The van der Waals surface area contributed by atoms with Crippen molar-refractivity contribution in [3.05, 3.63) is 60.4 Å². The lowest BCUT2D eigenvalue weighted by atomic mass is 9.95. The molecule has 158 valence electrons. The van der Waals surface area contributed by atoms with Gasteiger partial charge in [0, 0.05) is 42.4 Å². The summed E-state index contributed by atoms with van der Waals surface area (Å²) >= 11 is 0. The van der Waals surface area contributed by atoms with Crippen LogP contribution in [0.1, 0.15) is 18.4 Å². The van der Waals surface area contributed by atoms with Crippen LogP contribution in [0.5, 0.6) is 11.5 Å². The van der Waals surface area contributed by atoms with Crippen LogP contribution < -0.4 is 19.7 Å². The lowest BCUT2D eigenvalue weighted by molar-refractivity contribution is -0.120. The van der Waals surface area contributed by atoms with Crippen molar-refractivity contribution in [1.82, 2.24) is 9.97 Å². The van der Waals surface area contributed by atoms with E-state index in [1.807, 2.05) is 24.3 Å². The maximum Gasteiger partial charge on any atom is 0.231 e. The number of piperidine rings is 1. The second-order valence-electron chi connectivity index (χ2n) is 7.95. The first-order valence-electron chi connectivity index (χ1n) is 10.5. The third-order valence-corrected chi connectivity index (χ3v) is 5.83. The standard InChI is InChI=1S/C24H24N4O3/c1-16-2-4-17(5-3-16)20-13-23(26-14-25-20)28-10-8-18(9-11-28)24(29)27-19-6-7-21-22(12-19)31-15-30-21/h2-7,12-14,18H,8-11,15H2,1H3,(H,27,29). The highest BCUT2D eigenvalue weighted by Gasteiger charge is 2.26. The molecule has 5 rings (SSSR count). The zero-order chi connectivity index (χ0) is 21.2. The van der Waals surface area contributed by atoms with Gasteiger partial charge < -0.3 is 19.7 Å². The first kappa shape index (κ1) is 19.4. The zero-order valence-corrected chi connectivity index (χ0v) is 17.4. The second kappa shape index (κ2) is 8.26. The number of aromatic nitrogens is 2. The van der Waals surface area contributed by atoms with Crippen molar-refractivity contribution in [1.29, 1.82) is 0 Å². The van der Waals surface area contributed by atoms with Crippen LogP contribution in [0.2, 0.25) is 0 Å². The molecule has 1 saturated heterocycles. The highest BCUT2D eigenvalue weighted by atomic mass is 16.7. The molecule has 1 aromatic heterocycles. The van der Waals surface area contributed by atoms with Crippen molar-refractivity contribution in [3.63, 3.8) is 0 Å². The van der Waals surface area contributed by atoms with Crippen molar-refractivity contribution in [2.24, 2.45) is 5.92 Å². The van der Waals surface area contributed by atoms with Crippen molar-refractivity contribution >= 4 is 17.4 Å². The summed E-state index contributed by atoms with van der Waals surface area (Å²) in [5.41, 5.74) is 3.94. The van der Waals surface area contributed by atoms with E-state index in [1.165, 1.54) is 5.56 Å². The van der Waals surface area contributed by atoms with Gasteiger partial charge in [0.25, 0.3) is 0 Å². The Morgan fingerprint density at radius 3 is 2.58 bits per heavy atom. The zero-order valence-electron chi connectivity index (χ0n) is 17.4. The average molecular weight is 416 g/mol. The van der Waals surface area contributed by atoms with E-state index in [9.17, 15) is 4.79 Å². The van der Waals surface area contributed by atoms with Crippen molar-refractivity contribution < 1.29 is 14.3 Å². The molecule has 1 fully saturated rings. The van der Waals surface area contributed by atoms with Crippen LogP contribution in [-0.4, -0.2) is 35.8 Å². The molecule has 0 radical (unpaired) electrons. The van der Waals surface area contributed by atoms with Gasteiger partial charge in [0.1, 0.15) is 12.1 Å². The van der Waals surface area contributed by atoms with Gasteiger partial charge in [-0.15, -0.1) is 0 Å². The number of hydrogen-bond donors (Lipinski definition) is 1. The summed E-state index contributed by atoms with van der Waals surface area (Å²) in [6, 6.07) is 15.8. The fraction of sp³-hybridized carbons (Fsp3) is 0.292. The molecule has 7 nitrogen and oxygen atoms in total. The first-order valence-corrected chi connectivity index (χ1v) is 10.5. The highest BCUT2D eigenvalue weighted by Crippen LogP contribution is 2.34. The quantitative estimate of drug-likeness (QED) is 0.692. The Balaban J connectivity index is 1.21. The Hall–Kier alpha value is -3.61. The minimum atomic E-state index is -0.0277. The molecule has 2 aromatic carbocycles. The molecular formula is C24H24N4O3. The fourth-order valence-corrected chi connectivity index (χ4v) is 3.99. The Labute approximate surface area is 181 Å². The minimum absolute atomic E-state index is 0.0277. The summed E-state index contributed by atoms with van der Waals surface area (Å²) in [5, 5.41) is 3.01. The summed E-state index contributed by atoms with van der Waals surface area (Å²) in [6.07, 6.45) is 3.17. The van der Waals surface area contributed by atoms with Crippen molar-refractivity contribution in [2.75, 3.05) is 30.1 Å². The molecule has 3 heterocycles. The highest BCUT2D eigenvalue weighted by molar-refractivity contribution is 5.93. The SMILES string of the molecule is Cc1ccc(-c2cc(N3CCC(C(=O)Nc4ccc5c(c4)OCO5)CC3)ncn2)cc1. The summed E-state index contributed by atoms with van der Waals surface area (Å²) in [6.45, 7) is 3.86. The third-order valence-electron chi connectivity index (χ3n) is 5.83. The maximum atomic E-state index is 12.8. The van der Waals surface area contributed by atoms with Gasteiger partial charge in [0.2, 0.25) is 12.7 Å². The Morgan fingerprint density at radius 1 is 1.00 bits per heavy atom. The molecule has 7 heteroatoms.